The van der Waals surface area contributed by atoms with E-state index in [-0.39, 0.29) is 17.0 Å². The zero-order valence-electron chi connectivity index (χ0n) is 13.0. The van der Waals surface area contributed by atoms with E-state index in [0.717, 1.165) is 4.90 Å². The molecule has 130 valence electrons. The van der Waals surface area contributed by atoms with Crippen molar-refractivity contribution in [3.63, 3.8) is 0 Å². The molecule has 0 atom stereocenters. The van der Waals surface area contributed by atoms with Gasteiger partial charge in [-0.25, -0.2) is 18.7 Å². The number of hydrogen-bond acceptors (Lipinski definition) is 5. The zero-order valence-corrected chi connectivity index (χ0v) is 13.0. The first-order valence-electron chi connectivity index (χ1n) is 7.14. The van der Waals surface area contributed by atoms with E-state index in [1.54, 1.807) is 12.1 Å². The topological polar surface area (TPSA) is 107 Å². The van der Waals surface area contributed by atoms with Gasteiger partial charge in [-0.2, -0.15) is 0 Å². The highest BCUT2D eigenvalue weighted by Gasteiger charge is 2.22. The van der Waals surface area contributed by atoms with Crippen molar-refractivity contribution in [1.29, 1.82) is 0 Å². The van der Waals surface area contributed by atoms with Gasteiger partial charge in [0.05, 0.1) is 18.5 Å². The molecule has 0 fully saturated rings. The van der Waals surface area contributed by atoms with Gasteiger partial charge in [-0.05, 0) is 18.2 Å². The van der Waals surface area contributed by atoms with Crippen LogP contribution in [0, 0.1) is 0 Å². The summed E-state index contributed by atoms with van der Waals surface area (Å²) in [4.78, 5) is 32.7. The lowest BCUT2D eigenvalue weighted by atomic mass is 10.2. The summed E-state index contributed by atoms with van der Waals surface area (Å²) in [5.74, 6) is -1.18. The van der Waals surface area contributed by atoms with E-state index >= 15 is 0 Å². The third kappa shape index (κ3) is 3.05. The zero-order chi connectivity index (χ0) is 18.1. The van der Waals surface area contributed by atoms with Crippen molar-refractivity contribution in [3.8, 4) is 11.5 Å². The number of carbonyl (C=O) groups is 2. The number of aromatic nitrogens is 3. The Morgan fingerprint density at radius 2 is 2.20 bits per heavy atom. The van der Waals surface area contributed by atoms with Crippen molar-refractivity contribution < 1.29 is 22.8 Å². The molecule has 0 aliphatic carbocycles. The maximum atomic E-state index is 12.5. The van der Waals surface area contributed by atoms with Crippen molar-refractivity contribution in [2.24, 2.45) is 5.73 Å². The number of amides is 2. The molecule has 0 bridgehead atoms. The first-order valence-corrected chi connectivity index (χ1v) is 7.14. The minimum atomic E-state index is -2.68. The van der Waals surface area contributed by atoms with Crippen LogP contribution in [0.3, 0.4) is 0 Å². The van der Waals surface area contributed by atoms with E-state index in [1.165, 1.54) is 30.1 Å². The van der Waals surface area contributed by atoms with Gasteiger partial charge in [0.15, 0.2) is 17.1 Å². The van der Waals surface area contributed by atoms with E-state index < -0.39 is 24.8 Å². The first-order chi connectivity index (χ1) is 11.9. The highest BCUT2D eigenvalue weighted by molar-refractivity contribution is 5.99. The maximum absolute atomic E-state index is 12.5. The van der Waals surface area contributed by atoms with Crippen molar-refractivity contribution >= 4 is 17.5 Å². The van der Waals surface area contributed by atoms with Crippen LogP contribution in [0.2, 0.25) is 0 Å². The lowest BCUT2D eigenvalue weighted by Crippen LogP contribution is -2.32. The number of halogens is 2. The Morgan fingerprint density at radius 1 is 1.44 bits per heavy atom. The van der Waals surface area contributed by atoms with E-state index in [0.29, 0.717) is 11.5 Å². The minimum Gasteiger partial charge on any atom is -0.463 e. The van der Waals surface area contributed by atoms with Crippen LogP contribution in [0.4, 0.5) is 8.78 Å². The number of rotatable bonds is 5. The number of nitrogens with two attached hydrogens (primary N) is 1. The Balaban J connectivity index is 2.18. The maximum Gasteiger partial charge on any atom is 0.272 e. The second kappa shape index (κ2) is 6.30. The molecule has 3 aromatic rings. The summed E-state index contributed by atoms with van der Waals surface area (Å²) in [7, 11) is 1.23. The Bertz CT molecular complexity index is 936. The van der Waals surface area contributed by atoms with Crippen molar-refractivity contribution in [1.82, 2.24) is 19.3 Å². The summed E-state index contributed by atoms with van der Waals surface area (Å²) in [6.45, 7) is -0.746. The van der Waals surface area contributed by atoms with Crippen LogP contribution >= 0.6 is 0 Å². The lowest BCUT2D eigenvalue weighted by molar-refractivity contribution is 0.0615. The minimum absolute atomic E-state index is 0.0372. The molecular formula is C15H13F2N5O3. The fourth-order valence-corrected chi connectivity index (χ4v) is 2.35. The van der Waals surface area contributed by atoms with Gasteiger partial charge in [0.2, 0.25) is 0 Å². The molecule has 0 saturated heterocycles. The van der Waals surface area contributed by atoms with E-state index in [1.807, 2.05) is 0 Å². The fourth-order valence-electron chi connectivity index (χ4n) is 2.35. The second-order valence-electron chi connectivity index (χ2n) is 5.23. The number of furan rings is 1. The van der Waals surface area contributed by atoms with E-state index in [4.69, 9.17) is 10.2 Å². The average Bonchev–Trinajstić information content (AvgIpc) is 3.21. The molecule has 0 spiro atoms. The van der Waals surface area contributed by atoms with E-state index in [2.05, 4.69) is 9.97 Å². The van der Waals surface area contributed by atoms with Crippen molar-refractivity contribution in [2.45, 2.75) is 6.43 Å². The number of primary amides is 1. The van der Waals surface area contributed by atoms with Crippen LogP contribution in [0.5, 0.6) is 0 Å². The third-order valence-corrected chi connectivity index (χ3v) is 3.49. The van der Waals surface area contributed by atoms with Gasteiger partial charge in [0.1, 0.15) is 12.0 Å². The van der Waals surface area contributed by atoms with Gasteiger partial charge < -0.3 is 15.1 Å². The van der Waals surface area contributed by atoms with Gasteiger partial charge >= 0.3 is 0 Å². The molecular weight excluding hydrogens is 336 g/mol. The molecule has 0 aromatic carbocycles. The number of carbonyl (C=O) groups excluding carboxylic acids is 2. The molecule has 8 nitrogen and oxygen atoms in total. The third-order valence-electron chi connectivity index (χ3n) is 3.49. The molecule has 0 aliphatic heterocycles. The van der Waals surface area contributed by atoms with Crippen LogP contribution in [-0.2, 0) is 0 Å². The van der Waals surface area contributed by atoms with Gasteiger partial charge in [-0.15, -0.1) is 0 Å². The monoisotopic (exact) mass is 349 g/mol. The SMILES string of the molecule is CN(CC(F)F)C(=O)c1cc(-c2ccco2)n2cnc(C(N)=O)c2n1. The summed E-state index contributed by atoms with van der Waals surface area (Å²) >= 11 is 0. The van der Waals surface area contributed by atoms with Gasteiger partial charge in [0.25, 0.3) is 18.2 Å². The van der Waals surface area contributed by atoms with Crippen molar-refractivity contribution in [3.05, 3.63) is 42.2 Å². The standard InChI is InChI=1S/C15H13F2N5O3/c1-21(6-11(16)17)15(24)8-5-9(10-3-2-4-25-10)22-7-19-12(13(18)23)14(22)20-8/h2-5,7,11H,6H2,1H3,(H2,18,23). The summed E-state index contributed by atoms with van der Waals surface area (Å²) in [5.41, 5.74) is 5.41. The first kappa shape index (κ1) is 16.6. The van der Waals surface area contributed by atoms with Crippen LogP contribution in [0.1, 0.15) is 21.0 Å². The van der Waals surface area contributed by atoms with Crippen LogP contribution in [0.25, 0.3) is 17.1 Å². The second-order valence-corrected chi connectivity index (χ2v) is 5.23. The molecule has 10 heteroatoms. The van der Waals surface area contributed by atoms with Crippen LogP contribution in [0.15, 0.2) is 35.2 Å². The Hall–Kier alpha value is -3.30. The predicted octanol–water partition coefficient (Wildman–Crippen LogP) is 1.43. The number of nitrogens with zero attached hydrogens (tertiary/aromatic N) is 4. The highest BCUT2D eigenvalue weighted by atomic mass is 19.3. The lowest BCUT2D eigenvalue weighted by Gasteiger charge is -2.16. The highest BCUT2D eigenvalue weighted by Crippen LogP contribution is 2.23. The van der Waals surface area contributed by atoms with Crippen LogP contribution in [-0.4, -0.2) is 51.1 Å². The molecule has 0 unspecified atom stereocenters. The Kier molecular flexibility index (Phi) is 4.17. The molecule has 0 radical (unpaired) electrons. The number of hydrogen-bond donors (Lipinski definition) is 1. The predicted molar refractivity (Wildman–Crippen MR) is 82.2 cm³/mol. The summed E-state index contributed by atoms with van der Waals surface area (Å²) in [5, 5.41) is 0. The normalized spacial score (nSPS) is 11.2. The number of alkyl halides is 2. The largest absolute Gasteiger partial charge is 0.463 e. The number of fused-ring (bicyclic) bond motifs is 1. The molecule has 3 heterocycles. The van der Waals surface area contributed by atoms with Gasteiger partial charge in [0, 0.05) is 7.05 Å². The molecule has 3 rings (SSSR count). The van der Waals surface area contributed by atoms with Crippen molar-refractivity contribution in [2.75, 3.05) is 13.6 Å². The summed E-state index contributed by atoms with van der Waals surface area (Å²) in [6.07, 6.45) is 0.0633. The Labute approximate surface area is 139 Å². The molecule has 0 aliphatic rings. The quantitative estimate of drug-likeness (QED) is 0.750. The summed E-state index contributed by atoms with van der Waals surface area (Å²) < 4.78 is 31.8. The fraction of sp³-hybridized carbons (Fsp3) is 0.200. The molecule has 0 saturated carbocycles. The molecule has 2 amide bonds. The van der Waals surface area contributed by atoms with Gasteiger partial charge in [-0.3, -0.25) is 14.0 Å². The van der Waals surface area contributed by atoms with Crippen LogP contribution < -0.4 is 5.73 Å². The number of imidazole rings is 1. The van der Waals surface area contributed by atoms with Gasteiger partial charge in [-0.1, -0.05) is 0 Å². The average molecular weight is 349 g/mol. The molecule has 25 heavy (non-hydrogen) atoms. The summed E-state index contributed by atoms with van der Waals surface area (Å²) in [6, 6.07) is 4.65. The smallest absolute Gasteiger partial charge is 0.272 e. The molecule has 2 N–H and O–H groups in total. The molecule has 3 aromatic heterocycles. The van der Waals surface area contributed by atoms with E-state index in [9.17, 15) is 18.4 Å². The Morgan fingerprint density at radius 3 is 2.80 bits per heavy atom.